The van der Waals surface area contributed by atoms with E-state index < -0.39 is 0 Å². The Kier molecular flexibility index (Phi) is 4.82. The molecule has 2 aromatic rings. The fourth-order valence-electron chi connectivity index (χ4n) is 2.64. The highest BCUT2D eigenvalue weighted by Gasteiger charge is 2.34. The van der Waals surface area contributed by atoms with Crippen LogP contribution in [0.1, 0.15) is 45.2 Å². The zero-order chi connectivity index (χ0) is 16.2. The van der Waals surface area contributed by atoms with Crippen LogP contribution in [-0.4, -0.2) is 22.5 Å². The van der Waals surface area contributed by atoms with Crippen molar-refractivity contribution in [3.63, 3.8) is 0 Å². The number of amides is 2. The molecule has 0 saturated heterocycles. The summed E-state index contributed by atoms with van der Waals surface area (Å²) in [6.07, 6.45) is 1.18. The Morgan fingerprint density at radius 2 is 1.43 bits per heavy atom. The summed E-state index contributed by atoms with van der Waals surface area (Å²) in [7, 11) is 0. The van der Waals surface area contributed by atoms with Gasteiger partial charge in [-0.25, -0.2) is 0 Å². The number of rotatable bonds is 6. The number of nitrogens with zero attached hydrogens (tertiary/aromatic N) is 1. The summed E-state index contributed by atoms with van der Waals surface area (Å²) >= 11 is 1.92. The Labute approximate surface area is 140 Å². The minimum Gasteiger partial charge on any atom is -0.270 e. The molecule has 4 heteroatoms. The molecule has 2 aromatic carbocycles. The van der Waals surface area contributed by atoms with Gasteiger partial charge in [-0.05, 0) is 35.4 Å². The molecule has 0 aromatic heterocycles. The summed E-state index contributed by atoms with van der Waals surface area (Å²) in [6, 6.07) is 15.2. The Hall–Kier alpha value is -2.07. The molecule has 0 spiro atoms. The van der Waals surface area contributed by atoms with Crippen LogP contribution in [0.4, 0.5) is 0 Å². The zero-order valence-electron chi connectivity index (χ0n) is 13.1. The highest BCUT2D eigenvalue weighted by atomic mass is 32.2. The van der Waals surface area contributed by atoms with E-state index in [0.717, 1.165) is 17.1 Å². The summed E-state index contributed by atoms with van der Waals surface area (Å²) in [5.74, 6) is 1.76. The van der Waals surface area contributed by atoms with Gasteiger partial charge in [0, 0.05) is 5.75 Å². The van der Waals surface area contributed by atoms with Gasteiger partial charge < -0.3 is 0 Å². The molecule has 1 aliphatic heterocycles. The van der Waals surface area contributed by atoms with Gasteiger partial charge in [-0.15, -0.1) is 0 Å². The summed E-state index contributed by atoms with van der Waals surface area (Å²) in [4.78, 5) is 26.0. The number of thioether (sulfide) groups is 1. The van der Waals surface area contributed by atoms with Crippen molar-refractivity contribution in [2.24, 2.45) is 0 Å². The Bertz CT molecular complexity index is 689. The summed E-state index contributed by atoms with van der Waals surface area (Å²) < 4.78 is 0. The maximum Gasteiger partial charge on any atom is 0.261 e. The van der Waals surface area contributed by atoms with E-state index in [4.69, 9.17) is 0 Å². The van der Waals surface area contributed by atoms with Gasteiger partial charge in [0.1, 0.15) is 0 Å². The standard InChI is InChI=1S/C19H19NO2S/c1-2-11-23-13-15-9-7-14(8-10-15)12-20-18(21)16-5-3-4-6-17(16)19(20)22/h3-10H,2,11-13H2,1H3. The van der Waals surface area contributed by atoms with Crippen molar-refractivity contribution in [3.8, 4) is 0 Å². The van der Waals surface area contributed by atoms with E-state index in [2.05, 4.69) is 19.1 Å². The molecule has 0 bridgehead atoms. The number of carbonyl (C=O) groups excluding carboxylic acids is 2. The number of hydrogen-bond acceptors (Lipinski definition) is 3. The van der Waals surface area contributed by atoms with Gasteiger partial charge in [0.2, 0.25) is 0 Å². The lowest BCUT2D eigenvalue weighted by Gasteiger charge is -2.14. The van der Waals surface area contributed by atoms with Gasteiger partial charge in [0.25, 0.3) is 11.8 Å². The Morgan fingerprint density at radius 3 is 2.00 bits per heavy atom. The van der Waals surface area contributed by atoms with Crippen LogP contribution in [0.2, 0.25) is 0 Å². The van der Waals surface area contributed by atoms with Crippen LogP contribution >= 0.6 is 11.8 Å². The second kappa shape index (κ2) is 7.01. The first kappa shape index (κ1) is 15.8. The predicted molar refractivity (Wildman–Crippen MR) is 93.5 cm³/mol. The normalized spacial score (nSPS) is 13.5. The number of hydrogen-bond donors (Lipinski definition) is 0. The van der Waals surface area contributed by atoms with Gasteiger partial charge >= 0.3 is 0 Å². The molecule has 3 rings (SSSR count). The largest absolute Gasteiger partial charge is 0.270 e. The first-order valence-corrected chi connectivity index (χ1v) is 8.97. The van der Waals surface area contributed by atoms with Crippen LogP contribution < -0.4 is 0 Å². The highest BCUT2D eigenvalue weighted by Crippen LogP contribution is 2.24. The topological polar surface area (TPSA) is 37.4 Å². The average molecular weight is 325 g/mol. The van der Waals surface area contributed by atoms with Crippen LogP contribution in [0.25, 0.3) is 0 Å². The zero-order valence-corrected chi connectivity index (χ0v) is 13.9. The van der Waals surface area contributed by atoms with E-state index in [1.807, 2.05) is 23.9 Å². The smallest absolute Gasteiger partial charge is 0.261 e. The lowest BCUT2D eigenvalue weighted by molar-refractivity contribution is 0.0642. The van der Waals surface area contributed by atoms with E-state index in [0.29, 0.717) is 17.7 Å². The number of benzene rings is 2. The third-order valence-electron chi connectivity index (χ3n) is 3.86. The minimum atomic E-state index is -0.201. The van der Waals surface area contributed by atoms with E-state index in [1.165, 1.54) is 16.9 Å². The third kappa shape index (κ3) is 3.32. The fourth-order valence-corrected chi connectivity index (χ4v) is 3.50. The van der Waals surface area contributed by atoms with Gasteiger partial charge in [0.15, 0.2) is 0 Å². The van der Waals surface area contributed by atoms with Crippen molar-refractivity contribution in [2.75, 3.05) is 5.75 Å². The molecule has 0 atom stereocenters. The van der Waals surface area contributed by atoms with Crippen molar-refractivity contribution >= 4 is 23.6 Å². The first-order valence-electron chi connectivity index (χ1n) is 7.81. The Morgan fingerprint density at radius 1 is 0.870 bits per heavy atom. The lowest BCUT2D eigenvalue weighted by Crippen LogP contribution is -2.29. The van der Waals surface area contributed by atoms with Crippen LogP contribution in [-0.2, 0) is 12.3 Å². The number of imide groups is 1. The molecule has 3 nitrogen and oxygen atoms in total. The van der Waals surface area contributed by atoms with E-state index in [9.17, 15) is 9.59 Å². The van der Waals surface area contributed by atoms with Crippen molar-refractivity contribution in [1.29, 1.82) is 0 Å². The molecule has 0 radical (unpaired) electrons. The molecule has 23 heavy (non-hydrogen) atoms. The van der Waals surface area contributed by atoms with Crippen LogP contribution in [0, 0.1) is 0 Å². The van der Waals surface area contributed by atoms with Crippen molar-refractivity contribution in [3.05, 3.63) is 70.8 Å². The summed E-state index contributed by atoms with van der Waals surface area (Å²) in [5.41, 5.74) is 3.26. The van der Waals surface area contributed by atoms with Crippen molar-refractivity contribution < 1.29 is 9.59 Å². The number of carbonyl (C=O) groups is 2. The first-order chi connectivity index (χ1) is 11.2. The van der Waals surface area contributed by atoms with Gasteiger partial charge in [-0.1, -0.05) is 43.3 Å². The van der Waals surface area contributed by atoms with Crippen LogP contribution in [0.5, 0.6) is 0 Å². The fraction of sp³-hybridized carbons (Fsp3) is 0.263. The molecule has 0 aliphatic carbocycles. The SMILES string of the molecule is CCCSCc1ccc(CN2C(=O)c3ccccc3C2=O)cc1. The van der Waals surface area contributed by atoms with E-state index in [-0.39, 0.29) is 11.8 Å². The second-order valence-corrected chi connectivity index (χ2v) is 6.72. The van der Waals surface area contributed by atoms with Crippen molar-refractivity contribution in [2.45, 2.75) is 25.6 Å². The van der Waals surface area contributed by atoms with Gasteiger partial charge in [0.05, 0.1) is 17.7 Å². The van der Waals surface area contributed by atoms with Crippen LogP contribution in [0.3, 0.4) is 0 Å². The lowest BCUT2D eigenvalue weighted by atomic mass is 10.1. The monoisotopic (exact) mass is 325 g/mol. The number of fused-ring (bicyclic) bond motifs is 1. The quantitative estimate of drug-likeness (QED) is 0.592. The molecule has 0 saturated carbocycles. The third-order valence-corrected chi connectivity index (χ3v) is 5.09. The summed E-state index contributed by atoms with van der Waals surface area (Å²) in [5, 5.41) is 0. The molecule has 0 fully saturated rings. The summed E-state index contributed by atoms with van der Waals surface area (Å²) in [6.45, 7) is 2.51. The Balaban J connectivity index is 1.68. The maximum atomic E-state index is 12.4. The predicted octanol–water partition coefficient (Wildman–Crippen LogP) is 4.13. The molecule has 2 amide bonds. The molecule has 0 unspecified atom stereocenters. The second-order valence-electron chi connectivity index (χ2n) is 5.61. The van der Waals surface area contributed by atoms with Crippen molar-refractivity contribution in [1.82, 2.24) is 4.90 Å². The van der Waals surface area contributed by atoms with Crippen LogP contribution in [0.15, 0.2) is 48.5 Å². The van der Waals surface area contributed by atoms with Gasteiger partial charge in [-0.3, -0.25) is 14.5 Å². The highest BCUT2D eigenvalue weighted by molar-refractivity contribution is 7.98. The average Bonchev–Trinajstić information content (AvgIpc) is 2.82. The molecular formula is C19H19NO2S. The molecule has 118 valence electrons. The minimum absolute atomic E-state index is 0.201. The maximum absolute atomic E-state index is 12.4. The molecule has 1 aliphatic rings. The van der Waals surface area contributed by atoms with Gasteiger partial charge in [-0.2, -0.15) is 11.8 Å². The molecule has 0 N–H and O–H groups in total. The van der Waals surface area contributed by atoms with E-state index >= 15 is 0 Å². The molecule has 1 heterocycles. The molecular weight excluding hydrogens is 306 g/mol. The van der Waals surface area contributed by atoms with E-state index in [1.54, 1.807) is 24.3 Å².